The zero-order valence-corrected chi connectivity index (χ0v) is 14.8. The van der Waals surface area contributed by atoms with Gasteiger partial charge in [0.1, 0.15) is 0 Å². The maximum Gasteiger partial charge on any atom is 0.203 e. The molecule has 0 aliphatic heterocycles. The highest BCUT2D eigenvalue weighted by molar-refractivity contribution is 9.10. The van der Waals surface area contributed by atoms with E-state index in [1.165, 1.54) is 12.8 Å². The van der Waals surface area contributed by atoms with Crippen molar-refractivity contribution in [3.8, 4) is 0 Å². The topological polar surface area (TPSA) is 50.8 Å². The standard InChI is InChI=1S/C19H18BrN3O/c20-15-9-7-14(8-10-15)18(24)12-23-17-4-2-1-3-16(17)22(19(23)21)11-13-5-6-13/h1-4,7-10,13,21H,5-6,11-12H2. The van der Waals surface area contributed by atoms with Gasteiger partial charge in [-0.3, -0.25) is 10.2 Å². The minimum Gasteiger partial charge on any atom is -0.310 e. The van der Waals surface area contributed by atoms with Gasteiger partial charge in [0.2, 0.25) is 5.62 Å². The van der Waals surface area contributed by atoms with E-state index in [9.17, 15) is 4.79 Å². The highest BCUT2D eigenvalue weighted by atomic mass is 79.9. The lowest BCUT2D eigenvalue weighted by atomic mass is 10.1. The molecule has 1 heterocycles. The first kappa shape index (κ1) is 15.4. The van der Waals surface area contributed by atoms with Crippen molar-refractivity contribution < 1.29 is 4.79 Å². The molecule has 1 fully saturated rings. The number of hydrogen-bond acceptors (Lipinski definition) is 2. The molecule has 24 heavy (non-hydrogen) atoms. The summed E-state index contributed by atoms with van der Waals surface area (Å²) in [6, 6.07) is 15.4. The van der Waals surface area contributed by atoms with Gasteiger partial charge in [0.15, 0.2) is 5.78 Å². The molecule has 2 aromatic carbocycles. The number of nitrogens with one attached hydrogen (secondary N) is 1. The molecule has 1 N–H and O–H groups in total. The molecule has 0 atom stereocenters. The molecule has 3 aromatic rings. The molecule has 0 unspecified atom stereocenters. The van der Waals surface area contributed by atoms with Crippen LogP contribution in [0.1, 0.15) is 23.2 Å². The number of ketones is 1. The third-order valence-corrected chi connectivity index (χ3v) is 5.11. The molecule has 0 bridgehead atoms. The van der Waals surface area contributed by atoms with Gasteiger partial charge in [-0.2, -0.15) is 0 Å². The molecule has 122 valence electrons. The van der Waals surface area contributed by atoms with Gasteiger partial charge in [0, 0.05) is 16.6 Å². The smallest absolute Gasteiger partial charge is 0.203 e. The van der Waals surface area contributed by atoms with E-state index in [0.717, 1.165) is 22.1 Å². The predicted molar refractivity (Wildman–Crippen MR) is 97.0 cm³/mol. The van der Waals surface area contributed by atoms with Crippen molar-refractivity contribution in [3.63, 3.8) is 0 Å². The van der Waals surface area contributed by atoms with Crippen LogP contribution >= 0.6 is 15.9 Å². The van der Waals surface area contributed by atoms with Crippen molar-refractivity contribution in [1.29, 1.82) is 5.41 Å². The molecule has 5 heteroatoms. The van der Waals surface area contributed by atoms with Crippen LogP contribution in [0.4, 0.5) is 0 Å². The van der Waals surface area contributed by atoms with Crippen molar-refractivity contribution in [2.24, 2.45) is 5.92 Å². The minimum atomic E-state index is 0.0234. The molecule has 1 saturated carbocycles. The molecule has 0 radical (unpaired) electrons. The fraction of sp³-hybridized carbons (Fsp3) is 0.263. The Morgan fingerprint density at radius 2 is 1.67 bits per heavy atom. The van der Waals surface area contributed by atoms with Crippen molar-refractivity contribution in [2.75, 3.05) is 0 Å². The van der Waals surface area contributed by atoms with Crippen LogP contribution in [0.3, 0.4) is 0 Å². The molecule has 0 amide bonds. The summed E-state index contributed by atoms with van der Waals surface area (Å²) in [5.41, 5.74) is 3.07. The summed E-state index contributed by atoms with van der Waals surface area (Å²) in [6.07, 6.45) is 2.48. The summed E-state index contributed by atoms with van der Waals surface area (Å²) in [4.78, 5) is 12.6. The van der Waals surface area contributed by atoms with E-state index in [4.69, 9.17) is 5.41 Å². The average molecular weight is 384 g/mol. The third kappa shape index (κ3) is 2.84. The number of imidazole rings is 1. The number of aromatic nitrogens is 2. The third-order valence-electron chi connectivity index (χ3n) is 4.58. The molecular formula is C19H18BrN3O. The zero-order valence-electron chi connectivity index (χ0n) is 13.2. The van der Waals surface area contributed by atoms with Gasteiger partial charge in [-0.1, -0.05) is 40.2 Å². The summed E-state index contributed by atoms with van der Waals surface area (Å²) in [6.45, 7) is 1.07. The lowest BCUT2D eigenvalue weighted by Gasteiger charge is -2.05. The maximum atomic E-state index is 12.6. The molecule has 0 spiro atoms. The molecule has 0 saturated heterocycles. The summed E-state index contributed by atoms with van der Waals surface area (Å²) in [7, 11) is 0. The number of hydrogen-bond donors (Lipinski definition) is 1. The van der Waals surface area contributed by atoms with E-state index in [-0.39, 0.29) is 12.3 Å². The lowest BCUT2D eigenvalue weighted by Crippen LogP contribution is -2.27. The second-order valence-electron chi connectivity index (χ2n) is 6.38. The largest absolute Gasteiger partial charge is 0.310 e. The van der Waals surface area contributed by atoms with Crippen LogP contribution in [-0.2, 0) is 13.1 Å². The Morgan fingerprint density at radius 1 is 1.04 bits per heavy atom. The Hall–Kier alpha value is -2.14. The fourth-order valence-corrected chi connectivity index (χ4v) is 3.33. The van der Waals surface area contributed by atoms with Crippen LogP contribution in [0, 0.1) is 11.3 Å². The van der Waals surface area contributed by atoms with Crippen LogP contribution in [0.25, 0.3) is 11.0 Å². The van der Waals surface area contributed by atoms with Crippen LogP contribution in [0.2, 0.25) is 0 Å². The van der Waals surface area contributed by atoms with Crippen molar-refractivity contribution in [2.45, 2.75) is 25.9 Å². The number of Topliss-reactive ketones (excluding diaryl/α,β-unsaturated/α-hetero) is 1. The lowest BCUT2D eigenvalue weighted by molar-refractivity contribution is 0.0971. The van der Waals surface area contributed by atoms with Crippen molar-refractivity contribution in [3.05, 3.63) is 64.2 Å². The second-order valence-corrected chi connectivity index (χ2v) is 7.30. The maximum absolute atomic E-state index is 12.6. The quantitative estimate of drug-likeness (QED) is 0.665. The van der Waals surface area contributed by atoms with Gasteiger partial charge in [-0.25, -0.2) is 0 Å². The Bertz CT molecular complexity index is 964. The van der Waals surface area contributed by atoms with Crippen LogP contribution in [0.5, 0.6) is 0 Å². The predicted octanol–water partition coefficient (Wildman–Crippen LogP) is 3.98. The zero-order chi connectivity index (χ0) is 16.7. The van der Waals surface area contributed by atoms with Crippen molar-refractivity contribution in [1.82, 2.24) is 9.13 Å². The number of nitrogens with zero attached hydrogens (tertiary/aromatic N) is 2. The number of para-hydroxylation sites is 2. The highest BCUT2D eigenvalue weighted by Crippen LogP contribution is 2.31. The molecule has 1 aliphatic rings. The first-order valence-corrected chi connectivity index (χ1v) is 8.94. The first-order valence-electron chi connectivity index (χ1n) is 8.15. The Labute approximate surface area is 148 Å². The van der Waals surface area contributed by atoms with E-state index in [2.05, 4.69) is 15.9 Å². The highest BCUT2D eigenvalue weighted by Gasteiger charge is 2.24. The Kier molecular flexibility index (Phi) is 3.88. The van der Waals surface area contributed by atoms with Gasteiger partial charge in [0.05, 0.1) is 17.6 Å². The van der Waals surface area contributed by atoms with E-state index in [0.29, 0.717) is 17.1 Å². The SMILES string of the molecule is N=c1n(CC(=O)c2ccc(Br)cc2)c2ccccc2n1CC1CC1. The second kappa shape index (κ2) is 6.06. The van der Waals surface area contributed by atoms with Crippen molar-refractivity contribution >= 4 is 32.7 Å². The Balaban J connectivity index is 1.73. The first-order chi connectivity index (χ1) is 11.6. The van der Waals surface area contributed by atoms with Crippen LogP contribution in [0.15, 0.2) is 53.0 Å². The fourth-order valence-electron chi connectivity index (χ4n) is 3.07. The number of halogens is 1. The van der Waals surface area contributed by atoms with Gasteiger partial charge in [0.25, 0.3) is 0 Å². The molecule has 1 aromatic heterocycles. The van der Waals surface area contributed by atoms with Gasteiger partial charge >= 0.3 is 0 Å². The molecular weight excluding hydrogens is 366 g/mol. The van der Waals surface area contributed by atoms with E-state index >= 15 is 0 Å². The normalized spacial score (nSPS) is 14.2. The van der Waals surface area contributed by atoms with Crippen LogP contribution in [-0.4, -0.2) is 14.9 Å². The summed E-state index contributed by atoms with van der Waals surface area (Å²) >= 11 is 3.39. The van der Waals surface area contributed by atoms with Crippen LogP contribution < -0.4 is 5.62 Å². The number of fused-ring (bicyclic) bond motifs is 1. The Morgan fingerprint density at radius 3 is 2.29 bits per heavy atom. The van der Waals surface area contributed by atoms with E-state index in [1.807, 2.05) is 57.7 Å². The number of rotatable bonds is 5. The molecule has 1 aliphatic carbocycles. The molecule has 4 rings (SSSR count). The summed E-state index contributed by atoms with van der Waals surface area (Å²) in [5.74, 6) is 0.704. The van der Waals surface area contributed by atoms with E-state index < -0.39 is 0 Å². The number of carbonyl (C=O) groups excluding carboxylic acids is 1. The van der Waals surface area contributed by atoms with Gasteiger partial charge in [-0.05, 0) is 43.0 Å². The van der Waals surface area contributed by atoms with Gasteiger partial charge in [-0.15, -0.1) is 0 Å². The number of carbonyl (C=O) groups is 1. The number of benzene rings is 2. The van der Waals surface area contributed by atoms with E-state index in [1.54, 1.807) is 0 Å². The minimum absolute atomic E-state index is 0.0234. The summed E-state index contributed by atoms with van der Waals surface area (Å²) < 4.78 is 4.82. The molecule has 4 nitrogen and oxygen atoms in total. The monoisotopic (exact) mass is 383 g/mol. The van der Waals surface area contributed by atoms with Gasteiger partial charge < -0.3 is 9.13 Å². The summed E-state index contributed by atoms with van der Waals surface area (Å²) in [5, 5.41) is 8.55. The average Bonchev–Trinajstić information content (AvgIpc) is 3.37.